The van der Waals surface area contributed by atoms with E-state index < -0.39 is 0 Å². The molecular weight excluding hydrogens is 204 g/mol. The van der Waals surface area contributed by atoms with E-state index in [4.69, 9.17) is 5.73 Å². The Hall–Kier alpha value is -1.23. The van der Waals surface area contributed by atoms with Crippen molar-refractivity contribution in [3.8, 4) is 0 Å². The number of piperidine rings is 1. The van der Waals surface area contributed by atoms with Crippen molar-refractivity contribution in [3.05, 3.63) is 5.69 Å². The molecule has 3 N–H and O–H groups in total. The van der Waals surface area contributed by atoms with E-state index in [2.05, 4.69) is 16.9 Å². The molecule has 90 valence electrons. The zero-order valence-corrected chi connectivity index (χ0v) is 9.98. The molecule has 2 heterocycles. The first-order valence-corrected chi connectivity index (χ1v) is 5.89. The molecule has 0 aliphatic carbocycles. The molecule has 2 rings (SSSR count). The maximum atomic E-state index is 9.69. The highest BCUT2D eigenvalue weighted by Crippen LogP contribution is 2.28. The summed E-state index contributed by atoms with van der Waals surface area (Å²) in [5.41, 5.74) is 7.67. The summed E-state index contributed by atoms with van der Waals surface area (Å²) in [7, 11) is 0. The van der Waals surface area contributed by atoms with E-state index in [1.807, 2.05) is 11.6 Å². The van der Waals surface area contributed by atoms with Gasteiger partial charge in [0.25, 0.3) is 0 Å². The lowest BCUT2D eigenvalue weighted by Gasteiger charge is -2.32. The lowest BCUT2D eigenvalue weighted by Crippen LogP contribution is -2.39. The summed E-state index contributed by atoms with van der Waals surface area (Å²) < 4.78 is 1.92. The molecule has 16 heavy (non-hydrogen) atoms. The fourth-order valence-corrected chi connectivity index (χ4v) is 2.28. The van der Waals surface area contributed by atoms with E-state index in [0.29, 0.717) is 6.54 Å². The van der Waals surface area contributed by atoms with Gasteiger partial charge in [-0.3, -0.25) is 0 Å². The van der Waals surface area contributed by atoms with E-state index in [1.165, 1.54) is 0 Å². The Labute approximate surface area is 95.8 Å². The number of aliphatic hydroxyl groups is 1. The van der Waals surface area contributed by atoms with Crippen LogP contribution < -0.4 is 10.6 Å². The van der Waals surface area contributed by atoms with Crippen molar-refractivity contribution in [3.63, 3.8) is 0 Å². The fourth-order valence-electron chi connectivity index (χ4n) is 2.28. The van der Waals surface area contributed by atoms with Crippen molar-refractivity contribution < 1.29 is 5.11 Å². The Bertz CT molecular complexity index is 374. The maximum Gasteiger partial charge on any atom is 0.150 e. The van der Waals surface area contributed by atoms with Crippen molar-refractivity contribution >= 4 is 11.5 Å². The molecule has 0 bridgehead atoms. The van der Waals surface area contributed by atoms with Gasteiger partial charge in [-0.05, 0) is 26.7 Å². The maximum absolute atomic E-state index is 9.69. The molecule has 0 saturated carbocycles. The van der Waals surface area contributed by atoms with Crippen molar-refractivity contribution in [2.24, 2.45) is 0 Å². The van der Waals surface area contributed by atoms with Crippen molar-refractivity contribution in [2.45, 2.75) is 39.3 Å². The normalized spacial score (nSPS) is 21.4. The molecule has 1 aliphatic rings. The summed E-state index contributed by atoms with van der Waals surface area (Å²) >= 11 is 0. The van der Waals surface area contributed by atoms with Gasteiger partial charge < -0.3 is 15.7 Å². The molecule has 1 aromatic rings. The van der Waals surface area contributed by atoms with Crippen molar-refractivity contribution in [1.82, 2.24) is 9.78 Å². The van der Waals surface area contributed by atoms with Crippen molar-refractivity contribution in [1.29, 1.82) is 0 Å². The summed E-state index contributed by atoms with van der Waals surface area (Å²) in [6.45, 7) is 6.39. The van der Waals surface area contributed by atoms with Gasteiger partial charge in [0.1, 0.15) is 0 Å². The summed E-state index contributed by atoms with van der Waals surface area (Å²) in [4.78, 5) is 2.15. The quantitative estimate of drug-likeness (QED) is 0.778. The molecule has 1 unspecified atom stereocenters. The number of β-amino-alcohol motifs (C(OH)–C–C–N with tert-alkyl or cyclic N) is 1. The molecule has 5 heteroatoms. The van der Waals surface area contributed by atoms with Crippen LogP contribution in [0.25, 0.3) is 0 Å². The number of hydrogen-bond donors (Lipinski definition) is 2. The third-order valence-electron chi connectivity index (χ3n) is 3.14. The first-order chi connectivity index (χ1) is 7.63. The van der Waals surface area contributed by atoms with Crippen LogP contribution in [0.15, 0.2) is 0 Å². The van der Waals surface area contributed by atoms with Gasteiger partial charge in [-0.1, -0.05) is 0 Å². The van der Waals surface area contributed by atoms with Gasteiger partial charge in [-0.25, -0.2) is 4.68 Å². The van der Waals surface area contributed by atoms with Gasteiger partial charge in [0.15, 0.2) is 5.82 Å². The van der Waals surface area contributed by atoms with Crippen LogP contribution >= 0.6 is 0 Å². The molecule has 1 aliphatic heterocycles. The van der Waals surface area contributed by atoms with E-state index in [0.717, 1.165) is 43.1 Å². The SMILES string of the molecule is CCn1nc(C)c(N)c1N1CCCC(O)C1. The molecule has 1 aromatic heterocycles. The van der Waals surface area contributed by atoms with Crippen LogP contribution in [0.1, 0.15) is 25.5 Å². The predicted octanol–water partition coefficient (Wildman–Crippen LogP) is 0.755. The van der Waals surface area contributed by atoms with Crippen LogP contribution in [0.2, 0.25) is 0 Å². The summed E-state index contributed by atoms with van der Waals surface area (Å²) in [5.74, 6) is 0.971. The molecule has 0 spiro atoms. The smallest absolute Gasteiger partial charge is 0.150 e. The number of nitrogens with two attached hydrogens (primary N) is 1. The van der Waals surface area contributed by atoms with Crippen LogP contribution in [0.4, 0.5) is 11.5 Å². The van der Waals surface area contributed by atoms with Gasteiger partial charge in [0.05, 0.1) is 17.5 Å². The van der Waals surface area contributed by atoms with Crippen LogP contribution in [0.3, 0.4) is 0 Å². The van der Waals surface area contributed by atoms with Gasteiger partial charge in [-0.2, -0.15) is 5.10 Å². The number of nitrogen functional groups attached to an aromatic ring is 1. The first kappa shape index (κ1) is 11.3. The Balaban J connectivity index is 2.30. The fraction of sp³-hybridized carbons (Fsp3) is 0.727. The van der Waals surface area contributed by atoms with Gasteiger partial charge in [0.2, 0.25) is 0 Å². The molecule has 0 aromatic carbocycles. The van der Waals surface area contributed by atoms with Gasteiger partial charge in [0, 0.05) is 19.6 Å². The molecule has 1 fully saturated rings. The van der Waals surface area contributed by atoms with Crippen LogP contribution in [-0.2, 0) is 6.54 Å². The van der Waals surface area contributed by atoms with E-state index >= 15 is 0 Å². The average Bonchev–Trinajstić information content (AvgIpc) is 2.55. The third kappa shape index (κ3) is 1.87. The number of aliphatic hydroxyl groups excluding tert-OH is 1. The average molecular weight is 224 g/mol. The number of anilines is 2. The number of nitrogens with zero attached hydrogens (tertiary/aromatic N) is 3. The minimum Gasteiger partial charge on any atom is -0.394 e. The Kier molecular flexibility index (Phi) is 3.05. The zero-order valence-electron chi connectivity index (χ0n) is 9.98. The molecule has 1 atom stereocenters. The minimum atomic E-state index is -0.242. The van der Waals surface area contributed by atoms with Crippen molar-refractivity contribution in [2.75, 3.05) is 23.7 Å². The second-order valence-corrected chi connectivity index (χ2v) is 4.38. The first-order valence-electron chi connectivity index (χ1n) is 5.89. The zero-order chi connectivity index (χ0) is 11.7. The largest absolute Gasteiger partial charge is 0.394 e. The van der Waals surface area contributed by atoms with E-state index in [1.54, 1.807) is 0 Å². The van der Waals surface area contributed by atoms with Gasteiger partial charge in [-0.15, -0.1) is 0 Å². The Morgan fingerprint density at radius 2 is 2.31 bits per heavy atom. The number of aryl methyl sites for hydroxylation is 2. The predicted molar refractivity (Wildman–Crippen MR) is 64.5 cm³/mol. The number of aromatic nitrogens is 2. The summed E-state index contributed by atoms with van der Waals surface area (Å²) in [5, 5.41) is 14.1. The van der Waals surface area contributed by atoms with Crippen LogP contribution in [0.5, 0.6) is 0 Å². The highest BCUT2D eigenvalue weighted by Gasteiger charge is 2.23. The second-order valence-electron chi connectivity index (χ2n) is 4.38. The standard InChI is InChI=1S/C11H20N4O/c1-3-15-11(10(12)8(2)13-15)14-6-4-5-9(16)7-14/h9,16H,3-7,12H2,1-2H3. The van der Waals surface area contributed by atoms with E-state index in [-0.39, 0.29) is 6.10 Å². The second kappa shape index (κ2) is 4.33. The van der Waals surface area contributed by atoms with E-state index in [9.17, 15) is 5.11 Å². The minimum absolute atomic E-state index is 0.242. The highest BCUT2D eigenvalue weighted by atomic mass is 16.3. The molecule has 1 saturated heterocycles. The number of rotatable bonds is 2. The van der Waals surface area contributed by atoms with Crippen LogP contribution in [0, 0.1) is 6.92 Å². The topological polar surface area (TPSA) is 67.3 Å². The lowest BCUT2D eigenvalue weighted by molar-refractivity contribution is 0.153. The summed E-state index contributed by atoms with van der Waals surface area (Å²) in [6.07, 6.45) is 1.65. The number of hydrogen-bond acceptors (Lipinski definition) is 4. The third-order valence-corrected chi connectivity index (χ3v) is 3.14. The van der Waals surface area contributed by atoms with Gasteiger partial charge >= 0.3 is 0 Å². The molecule has 5 nitrogen and oxygen atoms in total. The summed E-state index contributed by atoms with van der Waals surface area (Å²) in [6, 6.07) is 0. The monoisotopic (exact) mass is 224 g/mol. The highest BCUT2D eigenvalue weighted by molar-refractivity contribution is 5.66. The van der Waals surface area contributed by atoms with Crippen LogP contribution in [-0.4, -0.2) is 34.1 Å². The Morgan fingerprint density at radius 3 is 2.94 bits per heavy atom. The Morgan fingerprint density at radius 1 is 1.56 bits per heavy atom. The molecule has 0 amide bonds. The lowest BCUT2D eigenvalue weighted by atomic mass is 10.1. The molecular formula is C11H20N4O. The molecule has 0 radical (unpaired) electrons.